The molecule has 15 heteroatoms. The molecule has 3 aromatic rings. The fourth-order valence-electron chi connectivity index (χ4n) is 4.79. The zero-order valence-electron chi connectivity index (χ0n) is 22.0. The molecule has 2 saturated heterocycles. The average molecular weight is 596 g/mol. The third kappa shape index (κ3) is 5.61. The summed E-state index contributed by atoms with van der Waals surface area (Å²) in [5.41, 5.74) is 0.353. The van der Waals surface area contributed by atoms with Crippen LogP contribution in [-0.4, -0.2) is 122 Å². The summed E-state index contributed by atoms with van der Waals surface area (Å²) in [6, 6.07) is 7.87. The molecule has 9 atom stereocenters. The van der Waals surface area contributed by atoms with Gasteiger partial charge in [0.05, 0.1) is 32.0 Å². The summed E-state index contributed by atoms with van der Waals surface area (Å²) >= 11 is 0. The topological polar surface area (TPSA) is 240 Å². The lowest BCUT2D eigenvalue weighted by Gasteiger charge is -2.44. The van der Waals surface area contributed by atoms with E-state index < -0.39 is 61.9 Å². The summed E-state index contributed by atoms with van der Waals surface area (Å²) in [5, 5.41) is 92.2. The molecule has 1 aromatic heterocycles. The number of aliphatic hydroxyl groups is 6. The number of aliphatic hydroxyl groups excluding tert-OH is 6. The summed E-state index contributed by atoms with van der Waals surface area (Å²) in [6.45, 7) is -1.13. The Morgan fingerprint density at radius 1 is 0.857 bits per heavy atom. The molecule has 0 saturated carbocycles. The van der Waals surface area contributed by atoms with E-state index in [1.165, 1.54) is 37.4 Å². The first kappa shape index (κ1) is 30.0. The Balaban J connectivity index is 1.47. The van der Waals surface area contributed by atoms with E-state index in [9.17, 15) is 46.0 Å². The fourth-order valence-corrected chi connectivity index (χ4v) is 4.79. The standard InChI is InChI=1S/C27H30O15/c1-37-17-4-10(2-3-13(17)30)24-18(7-12-14(31)5-11(29)6-16(12)39-24)40-27-23(36)21(34)25(19(8-28)41-27)42-26-22(35)20(33)15(32)9-38-26/h2-7,15,19-23,25-28,32-36H,8-9H2,1H3,(H2-,29,30,31)/p+1/t15-,19-,20+,21-,22-,23-,25+,26+,27-/m1/s1. The van der Waals surface area contributed by atoms with E-state index in [2.05, 4.69) is 0 Å². The molecule has 0 unspecified atom stereocenters. The summed E-state index contributed by atoms with van der Waals surface area (Å²) < 4.78 is 33.5. The van der Waals surface area contributed by atoms with Gasteiger partial charge in [-0.2, -0.15) is 0 Å². The highest BCUT2D eigenvalue weighted by Gasteiger charge is 2.50. The molecule has 42 heavy (non-hydrogen) atoms. The van der Waals surface area contributed by atoms with Crippen molar-refractivity contribution in [1.29, 1.82) is 0 Å². The number of hydrogen-bond donors (Lipinski definition) is 9. The predicted molar refractivity (Wildman–Crippen MR) is 139 cm³/mol. The lowest BCUT2D eigenvalue weighted by molar-refractivity contribution is -0.339. The molecule has 9 N–H and O–H groups in total. The molecule has 0 radical (unpaired) electrons. The van der Waals surface area contributed by atoms with Gasteiger partial charge in [0.2, 0.25) is 12.0 Å². The van der Waals surface area contributed by atoms with Crippen LogP contribution in [0.3, 0.4) is 0 Å². The van der Waals surface area contributed by atoms with E-state index in [-0.39, 0.29) is 52.1 Å². The minimum Gasteiger partial charge on any atom is -0.507 e. The summed E-state index contributed by atoms with van der Waals surface area (Å²) in [4.78, 5) is 0. The predicted octanol–water partition coefficient (Wildman–Crippen LogP) is -0.852. The number of ether oxygens (including phenoxy) is 5. The van der Waals surface area contributed by atoms with Crippen LogP contribution in [0.15, 0.2) is 40.8 Å². The van der Waals surface area contributed by atoms with Crippen molar-refractivity contribution in [3.63, 3.8) is 0 Å². The zero-order chi connectivity index (χ0) is 30.3. The Morgan fingerprint density at radius 2 is 1.60 bits per heavy atom. The van der Waals surface area contributed by atoms with E-state index in [0.717, 1.165) is 6.07 Å². The van der Waals surface area contributed by atoms with Gasteiger partial charge in [-0.05, 0) is 12.1 Å². The highest BCUT2D eigenvalue weighted by atomic mass is 16.7. The van der Waals surface area contributed by atoms with Crippen molar-refractivity contribution in [2.45, 2.75) is 55.3 Å². The number of fused-ring (bicyclic) bond motifs is 1. The monoisotopic (exact) mass is 595 g/mol. The third-order valence-corrected chi connectivity index (χ3v) is 7.07. The lowest BCUT2D eigenvalue weighted by Crippen LogP contribution is -2.63. The molecule has 15 nitrogen and oxygen atoms in total. The summed E-state index contributed by atoms with van der Waals surface area (Å²) in [5.74, 6) is -0.861. The quantitative estimate of drug-likeness (QED) is 0.151. The van der Waals surface area contributed by atoms with Crippen LogP contribution >= 0.6 is 0 Å². The fraction of sp³-hybridized carbons (Fsp3) is 0.444. The van der Waals surface area contributed by atoms with E-state index >= 15 is 0 Å². The second kappa shape index (κ2) is 12.0. The highest BCUT2D eigenvalue weighted by Crippen LogP contribution is 2.42. The van der Waals surface area contributed by atoms with E-state index in [1.54, 1.807) is 0 Å². The van der Waals surface area contributed by atoms with Gasteiger partial charge in [0.25, 0.3) is 0 Å². The third-order valence-electron chi connectivity index (χ3n) is 7.07. The largest absolute Gasteiger partial charge is 0.507 e. The van der Waals surface area contributed by atoms with Crippen molar-refractivity contribution in [3.05, 3.63) is 36.4 Å². The molecule has 2 aromatic carbocycles. The minimum atomic E-state index is -1.82. The molecule has 3 heterocycles. The van der Waals surface area contributed by atoms with Crippen LogP contribution < -0.4 is 9.47 Å². The molecule has 0 spiro atoms. The van der Waals surface area contributed by atoms with Gasteiger partial charge in [-0.3, -0.25) is 0 Å². The molecular formula is C27H31O15+. The highest BCUT2D eigenvalue weighted by molar-refractivity contribution is 5.88. The average Bonchev–Trinajstić information content (AvgIpc) is 2.97. The van der Waals surface area contributed by atoms with Crippen LogP contribution in [-0.2, 0) is 14.2 Å². The van der Waals surface area contributed by atoms with Gasteiger partial charge in [-0.25, -0.2) is 4.42 Å². The zero-order valence-corrected chi connectivity index (χ0v) is 22.0. The Morgan fingerprint density at radius 3 is 2.31 bits per heavy atom. The van der Waals surface area contributed by atoms with Gasteiger partial charge in [0.15, 0.2) is 17.8 Å². The number of hydrogen-bond acceptors (Lipinski definition) is 14. The molecule has 0 bridgehead atoms. The molecule has 0 aliphatic carbocycles. The number of phenolic OH excluding ortho intramolecular Hbond substituents is 3. The van der Waals surface area contributed by atoms with Crippen LogP contribution in [0.25, 0.3) is 22.3 Å². The number of rotatable bonds is 7. The van der Waals surface area contributed by atoms with Crippen molar-refractivity contribution in [2.24, 2.45) is 0 Å². The second-order valence-corrected chi connectivity index (χ2v) is 9.88. The van der Waals surface area contributed by atoms with Crippen molar-refractivity contribution in [3.8, 4) is 40.1 Å². The summed E-state index contributed by atoms with van der Waals surface area (Å²) in [6.07, 6.45) is -14.3. The van der Waals surface area contributed by atoms with Gasteiger partial charge in [-0.1, -0.05) is 0 Å². The van der Waals surface area contributed by atoms with Crippen molar-refractivity contribution in [1.82, 2.24) is 0 Å². The Hall–Kier alpha value is -3.51. The van der Waals surface area contributed by atoms with Crippen LogP contribution in [0.5, 0.6) is 28.7 Å². The van der Waals surface area contributed by atoms with Gasteiger partial charge in [0.1, 0.15) is 59.6 Å². The Labute approximate surface area is 237 Å². The maximum Gasteiger partial charge on any atom is 0.402 e. The molecule has 0 amide bonds. The first-order chi connectivity index (χ1) is 20.0. The second-order valence-electron chi connectivity index (χ2n) is 9.88. The number of aromatic hydroxyl groups is 3. The van der Waals surface area contributed by atoms with Gasteiger partial charge >= 0.3 is 11.3 Å². The van der Waals surface area contributed by atoms with Crippen LogP contribution in [0.4, 0.5) is 0 Å². The van der Waals surface area contributed by atoms with Crippen LogP contribution in [0, 0.1) is 0 Å². The summed E-state index contributed by atoms with van der Waals surface area (Å²) in [7, 11) is 1.34. The van der Waals surface area contributed by atoms with Crippen molar-refractivity contribution < 1.29 is 74.1 Å². The van der Waals surface area contributed by atoms with E-state index in [1.807, 2.05) is 0 Å². The number of methoxy groups -OCH3 is 1. The number of benzene rings is 2. The molecule has 2 aliphatic heterocycles. The van der Waals surface area contributed by atoms with Gasteiger partial charge < -0.3 is 69.6 Å². The van der Waals surface area contributed by atoms with Gasteiger partial charge in [0, 0.05) is 18.2 Å². The van der Waals surface area contributed by atoms with Crippen LogP contribution in [0.1, 0.15) is 0 Å². The molecular weight excluding hydrogens is 564 g/mol. The normalized spacial score (nSPS) is 31.6. The van der Waals surface area contributed by atoms with E-state index in [4.69, 9.17) is 28.1 Å². The maximum atomic E-state index is 10.9. The first-order valence-electron chi connectivity index (χ1n) is 12.8. The molecule has 228 valence electrons. The first-order valence-corrected chi connectivity index (χ1v) is 12.8. The maximum absolute atomic E-state index is 10.9. The SMILES string of the molecule is COc1cc(-c2[o+]c3cc(O)cc(O)c3cc2O[C@@H]2O[C@H](CO)[C@H](O[C@@H]3OC[C@@H](O)[C@H](O)[C@H]3O)[C@H](O)[C@H]2O)ccc1O. The molecule has 5 rings (SSSR count). The molecule has 2 fully saturated rings. The minimum absolute atomic E-state index is 0.0127. The number of phenols is 3. The smallest absolute Gasteiger partial charge is 0.402 e. The van der Waals surface area contributed by atoms with E-state index in [0.29, 0.717) is 5.56 Å². The Bertz CT molecular complexity index is 1410. The van der Waals surface area contributed by atoms with Crippen molar-refractivity contribution in [2.75, 3.05) is 20.3 Å². The lowest BCUT2D eigenvalue weighted by atomic mass is 9.98. The van der Waals surface area contributed by atoms with Crippen LogP contribution in [0.2, 0.25) is 0 Å². The Kier molecular flexibility index (Phi) is 8.56. The van der Waals surface area contributed by atoms with Gasteiger partial charge in [-0.15, -0.1) is 0 Å². The van der Waals surface area contributed by atoms with Crippen molar-refractivity contribution >= 4 is 11.0 Å². The molecule has 2 aliphatic rings.